The molecule has 0 spiro atoms. The summed E-state index contributed by atoms with van der Waals surface area (Å²) in [6.07, 6.45) is 1.48. The van der Waals surface area contributed by atoms with Crippen LogP contribution in [0, 0.1) is 0 Å². The maximum Gasteiger partial charge on any atom is 0.340 e. The fraction of sp³-hybridized carbons (Fsp3) is 0.600. The second kappa shape index (κ2) is 5.48. The van der Waals surface area contributed by atoms with Crippen molar-refractivity contribution in [1.82, 2.24) is 25.3 Å². The van der Waals surface area contributed by atoms with Gasteiger partial charge in [-0.25, -0.2) is 9.89 Å². The Morgan fingerprint density at radius 3 is 2.89 bits per heavy atom. The van der Waals surface area contributed by atoms with Crippen molar-refractivity contribution in [2.24, 2.45) is 0 Å². The van der Waals surface area contributed by atoms with Crippen LogP contribution >= 0.6 is 0 Å². The van der Waals surface area contributed by atoms with E-state index >= 15 is 0 Å². The molecule has 0 aliphatic carbocycles. The molecule has 0 amide bonds. The summed E-state index contributed by atoms with van der Waals surface area (Å²) >= 11 is 0. The van der Waals surface area contributed by atoms with Crippen LogP contribution in [0.25, 0.3) is 0 Å². The van der Waals surface area contributed by atoms with E-state index in [1.165, 1.54) is 0 Å². The average Bonchev–Trinajstić information content (AvgIpc) is 2.93. The molecule has 0 aromatic carbocycles. The zero-order valence-electron chi connectivity index (χ0n) is 10.4. The fourth-order valence-electron chi connectivity index (χ4n) is 1.42. The Kier molecular flexibility index (Phi) is 3.75. The molecule has 0 fully saturated rings. The lowest BCUT2D eigenvalue weighted by Gasteiger charge is -1.98. The molecular weight excluding hydrogens is 236 g/mol. The van der Waals surface area contributed by atoms with Crippen molar-refractivity contribution < 1.29 is 4.52 Å². The molecule has 0 saturated carbocycles. The molecule has 3 N–H and O–H groups in total. The zero-order chi connectivity index (χ0) is 13.0. The van der Waals surface area contributed by atoms with Crippen molar-refractivity contribution in [2.75, 3.05) is 11.9 Å². The van der Waals surface area contributed by atoms with Crippen LogP contribution in [-0.4, -0.2) is 31.9 Å². The van der Waals surface area contributed by atoms with Crippen LogP contribution in [0.2, 0.25) is 0 Å². The molecule has 18 heavy (non-hydrogen) atoms. The molecule has 98 valence electrons. The number of aromatic nitrogens is 5. The molecule has 0 aliphatic rings. The number of nitrogens with zero attached hydrogens (tertiary/aromatic N) is 3. The normalized spacial score (nSPS) is 11.1. The summed E-state index contributed by atoms with van der Waals surface area (Å²) in [5, 5.41) is 13.0. The highest BCUT2D eigenvalue weighted by molar-refractivity contribution is 5.18. The van der Waals surface area contributed by atoms with Gasteiger partial charge in [0.1, 0.15) is 5.82 Å². The van der Waals surface area contributed by atoms with Crippen molar-refractivity contribution in [3.63, 3.8) is 0 Å². The van der Waals surface area contributed by atoms with Gasteiger partial charge in [0, 0.05) is 18.9 Å². The highest BCUT2D eigenvalue weighted by Gasteiger charge is 2.08. The predicted octanol–water partition coefficient (Wildman–Crippen LogP) is 0.649. The smallest absolute Gasteiger partial charge is 0.338 e. The number of hydrogen-bond acceptors (Lipinski definition) is 6. The number of rotatable bonds is 6. The molecule has 2 aromatic heterocycles. The SMILES string of the molecule is CC(C)c1noc(NCCCc2n[nH]c(=O)[nH]2)n1. The number of nitrogens with one attached hydrogen (secondary N) is 3. The van der Waals surface area contributed by atoms with Gasteiger partial charge in [0.25, 0.3) is 0 Å². The van der Waals surface area contributed by atoms with Crippen molar-refractivity contribution in [3.05, 3.63) is 22.1 Å². The molecule has 8 heteroatoms. The summed E-state index contributed by atoms with van der Waals surface area (Å²) < 4.78 is 5.03. The maximum atomic E-state index is 10.8. The van der Waals surface area contributed by atoms with E-state index in [1.54, 1.807) is 0 Å². The summed E-state index contributed by atoms with van der Waals surface area (Å²) in [4.78, 5) is 17.6. The van der Waals surface area contributed by atoms with Crippen LogP contribution in [0.5, 0.6) is 0 Å². The monoisotopic (exact) mass is 252 g/mol. The van der Waals surface area contributed by atoms with Gasteiger partial charge in [0.05, 0.1) is 0 Å². The van der Waals surface area contributed by atoms with Gasteiger partial charge >= 0.3 is 11.7 Å². The van der Waals surface area contributed by atoms with Crippen LogP contribution in [-0.2, 0) is 6.42 Å². The van der Waals surface area contributed by atoms with Crippen molar-refractivity contribution in [2.45, 2.75) is 32.6 Å². The van der Waals surface area contributed by atoms with Gasteiger partial charge in [-0.05, 0) is 6.42 Å². The van der Waals surface area contributed by atoms with Gasteiger partial charge < -0.3 is 9.84 Å². The van der Waals surface area contributed by atoms with Gasteiger partial charge in [0.2, 0.25) is 0 Å². The summed E-state index contributed by atoms with van der Waals surface area (Å²) in [5.74, 6) is 1.59. The van der Waals surface area contributed by atoms with E-state index in [4.69, 9.17) is 4.52 Å². The van der Waals surface area contributed by atoms with E-state index in [0.717, 1.165) is 6.42 Å². The Balaban J connectivity index is 1.73. The highest BCUT2D eigenvalue weighted by atomic mass is 16.5. The first-order valence-corrected chi connectivity index (χ1v) is 5.86. The molecule has 0 bridgehead atoms. The largest absolute Gasteiger partial charge is 0.340 e. The molecule has 0 radical (unpaired) electrons. The first kappa shape index (κ1) is 12.3. The van der Waals surface area contributed by atoms with Crippen molar-refractivity contribution in [1.29, 1.82) is 0 Å². The van der Waals surface area contributed by atoms with E-state index < -0.39 is 0 Å². The van der Waals surface area contributed by atoms with E-state index in [9.17, 15) is 4.79 Å². The molecule has 0 saturated heterocycles. The lowest BCUT2D eigenvalue weighted by atomic mass is 10.2. The van der Waals surface area contributed by atoms with E-state index in [1.807, 2.05) is 13.8 Å². The van der Waals surface area contributed by atoms with Gasteiger partial charge in [-0.1, -0.05) is 19.0 Å². The first-order valence-electron chi connectivity index (χ1n) is 5.86. The Hall–Kier alpha value is -2.12. The minimum Gasteiger partial charge on any atom is -0.338 e. The van der Waals surface area contributed by atoms with Gasteiger partial charge in [-0.15, -0.1) is 0 Å². The lowest BCUT2D eigenvalue weighted by Crippen LogP contribution is -2.05. The minimum atomic E-state index is -0.281. The quantitative estimate of drug-likeness (QED) is 0.650. The summed E-state index contributed by atoms with van der Waals surface area (Å²) in [6.45, 7) is 4.68. The second-order valence-electron chi connectivity index (χ2n) is 4.27. The van der Waals surface area contributed by atoms with E-state index in [-0.39, 0.29) is 11.6 Å². The van der Waals surface area contributed by atoms with Crippen molar-refractivity contribution in [3.8, 4) is 0 Å². The molecule has 2 heterocycles. The Labute approximate surface area is 103 Å². The molecular formula is C10H16N6O2. The first-order chi connectivity index (χ1) is 8.65. The Morgan fingerprint density at radius 1 is 1.44 bits per heavy atom. The maximum absolute atomic E-state index is 10.8. The van der Waals surface area contributed by atoms with Gasteiger partial charge in [0.15, 0.2) is 5.82 Å². The standard InChI is InChI=1S/C10H16N6O2/c1-6(2)8-13-10(18-16-8)11-5-3-4-7-12-9(17)15-14-7/h6H,3-5H2,1-2H3,(H,11,13,16)(H2,12,14,15,17). The molecule has 0 atom stereocenters. The fourth-order valence-corrected chi connectivity index (χ4v) is 1.42. The molecule has 8 nitrogen and oxygen atoms in total. The van der Waals surface area contributed by atoms with E-state index in [0.29, 0.717) is 30.6 Å². The van der Waals surface area contributed by atoms with Crippen LogP contribution in [0.4, 0.5) is 6.01 Å². The Morgan fingerprint density at radius 2 is 2.28 bits per heavy atom. The van der Waals surface area contributed by atoms with Gasteiger partial charge in [-0.2, -0.15) is 10.1 Å². The number of anilines is 1. The Bertz CT molecular complexity index is 540. The van der Waals surface area contributed by atoms with Crippen LogP contribution < -0.4 is 11.0 Å². The number of aromatic amines is 2. The third-order valence-electron chi connectivity index (χ3n) is 2.37. The summed E-state index contributed by atoms with van der Waals surface area (Å²) in [5.41, 5.74) is -0.281. The predicted molar refractivity (Wildman–Crippen MR) is 64.4 cm³/mol. The second-order valence-corrected chi connectivity index (χ2v) is 4.27. The summed E-state index contributed by atoms with van der Waals surface area (Å²) in [6, 6.07) is 0.425. The topological polar surface area (TPSA) is 112 Å². The third-order valence-corrected chi connectivity index (χ3v) is 2.37. The van der Waals surface area contributed by atoms with Crippen LogP contribution in [0.1, 0.15) is 37.8 Å². The van der Waals surface area contributed by atoms with Gasteiger partial charge in [-0.3, -0.25) is 4.98 Å². The van der Waals surface area contributed by atoms with Crippen LogP contribution in [0.3, 0.4) is 0 Å². The number of aryl methyl sites for hydroxylation is 1. The number of H-pyrrole nitrogens is 2. The molecule has 2 aromatic rings. The molecule has 0 unspecified atom stereocenters. The minimum absolute atomic E-state index is 0.249. The van der Waals surface area contributed by atoms with Crippen molar-refractivity contribution >= 4 is 6.01 Å². The highest BCUT2D eigenvalue weighted by Crippen LogP contribution is 2.12. The molecule has 0 aliphatic heterocycles. The van der Waals surface area contributed by atoms with Crippen LogP contribution in [0.15, 0.2) is 9.32 Å². The number of hydrogen-bond donors (Lipinski definition) is 3. The third kappa shape index (κ3) is 3.19. The summed E-state index contributed by atoms with van der Waals surface area (Å²) in [7, 11) is 0. The lowest BCUT2D eigenvalue weighted by molar-refractivity contribution is 0.419. The van der Waals surface area contributed by atoms with E-state index in [2.05, 4.69) is 30.6 Å². The average molecular weight is 252 g/mol. The molecule has 2 rings (SSSR count). The zero-order valence-corrected chi connectivity index (χ0v) is 10.4.